The molecule has 1 amide bonds. The predicted molar refractivity (Wildman–Crippen MR) is 117 cm³/mol. The van der Waals surface area contributed by atoms with Crippen molar-refractivity contribution in [2.45, 2.75) is 26.2 Å². The first-order valence-corrected chi connectivity index (χ1v) is 9.80. The first-order valence-electron chi connectivity index (χ1n) is 9.80. The molecule has 7 heteroatoms. The van der Waals surface area contributed by atoms with Crippen LogP contribution in [0.2, 0.25) is 0 Å². The molecule has 1 saturated heterocycles. The molecule has 2 N–H and O–H groups in total. The van der Waals surface area contributed by atoms with Gasteiger partial charge < -0.3 is 20.1 Å². The highest BCUT2D eigenvalue weighted by Crippen LogP contribution is 2.32. The summed E-state index contributed by atoms with van der Waals surface area (Å²) in [6.45, 7) is 4.08. The first-order chi connectivity index (χ1) is 13.6. The quantitative estimate of drug-likeness (QED) is 0.666. The second-order valence-electron chi connectivity index (χ2n) is 7.34. The predicted octanol–water partition coefficient (Wildman–Crippen LogP) is 3.78. The molecule has 0 radical (unpaired) electrons. The highest BCUT2D eigenvalue weighted by atomic mass is 35.5. The zero-order chi connectivity index (χ0) is 19.9. The van der Waals surface area contributed by atoms with Crippen LogP contribution in [-0.4, -0.2) is 38.7 Å². The molecule has 1 atom stereocenters. The number of carbonyl (C=O) groups is 2. The van der Waals surface area contributed by atoms with Crippen LogP contribution >= 0.6 is 12.4 Å². The van der Waals surface area contributed by atoms with Gasteiger partial charge in [-0.3, -0.25) is 4.79 Å². The van der Waals surface area contributed by atoms with Crippen molar-refractivity contribution in [3.8, 4) is 5.75 Å². The van der Waals surface area contributed by atoms with E-state index < -0.39 is 5.97 Å². The van der Waals surface area contributed by atoms with Crippen LogP contribution in [-0.2, 0) is 14.3 Å². The zero-order valence-electron chi connectivity index (χ0n) is 16.9. The van der Waals surface area contributed by atoms with Crippen molar-refractivity contribution >= 4 is 40.7 Å². The van der Waals surface area contributed by atoms with Gasteiger partial charge in [0.25, 0.3) is 0 Å². The second-order valence-corrected chi connectivity index (χ2v) is 7.34. The van der Waals surface area contributed by atoms with E-state index in [1.165, 1.54) is 7.11 Å². The Morgan fingerprint density at radius 3 is 2.52 bits per heavy atom. The SMILES string of the molecule is COC(=O)COc1ccc(NC(=O)CC(C)C2CCNCC2)c2ccccc12.Cl. The van der Waals surface area contributed by atoms with Gasteiger partial charge in [0.05, 0.1) is 7.11 Å². The average molecular weight is 421 g/mol. The lowest BCUT2D eigenvalue weighted by Crippen LogP contribution is -2.32. The van der Waals surface area contributed by atoms with Crippen LogP contribution in [0.15, 0.2) is 36.4 Å². The minimum absolute atomic E-state index is 0. The highest BCUT2D eigenvalue weighted by Gasteiger charge is 2.22. The number of hydrogen-bond acceptors (Lipinski definition) is 5. The summed E-state index contributed by atoms with van der Waals surface area (Å²) < 4.78 is 10.2. The van der Waals surface area contributed by atoms with Gasteiger partial charge in [0.15, 0.2) is 6.61 Å². The fraction of sp³-hybridized carbons (Fsp3) is 0.455. The molecule has 0 bridgehead atoms. The number of benzene rings is 2. The number of ether oxygens (including phenoxy) is 2. The lowest BCUT2D eigenvalue weighted by Gasteiger charge is -2.28. The number of carbonyl (C=O) groups excluding carboxylic acids is 2. The van der Waals surface area contributed by atoms with Crippen LogP contribution < -0.4 is 15.4 Å². The first kappa shape index (κ1) is 23.0. The van der Waals surface area contributed by atoms with Crippen molar-refractivity contribution in [3.63, 3.8) is 0 Å². The van der Waals surface area contributed by atoms with E-state index in [4.69, 9.17) is 4.74 Å². The van der Waals surface area contributed by atoms with Crippen LogP contribution in [0.4, 0.5) is 5.69 Å². The molecule has 1 fully saturated rings. The maximum Gasteiger partial charge on any atom is 0.343 e. The normalized spacial score (nSPS) is 15.2. The maximum atomic E-state index is 12.6. The summed E-state index contributed by atoms with van der Waals surface area (Å²) in [6, 6.07) is 11.3. The van der Waals surface area contributed by atoms with Gasteiger partial charge in [-0.25, -0.2) is 4.79 Å². The molecule has 0 aromatic heterocycles. The van der Waals surface area contributed by atoms with Gasteiger partial charge in [-0.05, 0) is 49.9 Å². The minimum Gasteiger partial charge on any atom is -0.481 e. The van der Waals surface area contributed by atoms with Crippen LogP contribution in [0.25, 0.3) is 10.8 Å². The monoisotopic (exact) mass is 420 g/mol. The Labute approximate surface area is 177 Å². The molecule has 158 valence electrons. The summed E-state index contributed by atoms with van der Waals surface area (Å²) in [7, 11) is 1.33. The molecule has 6 nitrogen and oxygen atoms in total. The number of nitrogens with one attached hydrogen (secondary N) is 2. The summed E-state index contributed by atoms with van der Waals surface area (Å²) in [4.78, 5) is 24.0. The third kappa shape index (κ3) is 6.08. The number of hydrogen-bond donors (Lipinski definition) is 2. The minimum atomic E-state index is -0.437. The lowest BCUT2D eigenvalue weighted by molar-refractivity contribution is -0.142. The molecule has 2 aromatic carbocycles. The Morgan fingerprint density at radius 2 is 1.83 bits per heavy atom. The van der Waals surface area contributed by atoms with E-state index in [-0.39, 0.29) is 24.9 Å². The van der Waals surface area contributed by atoms with Gasteiger partial charge in [-0.15, -0.1) is 12.4 Å². The Hall–Kier alpha value is -2.31. The number of anilines is 1. The molecule has 0 spiro atoms. The van der Waals surface area contributed by atoms with Crippen molar-refractivity contribution in [3.05, 3.63) is 36.4 Å². The largest absolute Gasteiger partial charge is 0.481 e. The highest BCUT2D eigenvalue weighted by molar-refractivity contribution is 6.04. The Morgan fingerprint density at radius 1 is 1.14 bits per heavy atom. The lowest BCUT2D eigenvalue weighted by atomic mass is 9.84. The fourth-order valence-electron chi connectivity index (χ4n) is 3.78. The summed E-state index contributed by atoms with van der Waals surface area (Å²) >= 11 is 0. The number of rotatable bonds is 7. The number of halogens is 1. The van der Waals surface area contributed by atoms with Crippen molar-refractivity contribution in [1.82, 2.24) is 5.32 Å². The average Bonchev–Trinajstić information content (AvgIpc) is 2.73. The molecule has 0 saturated carbocycles. The van der Waals surface area contributed by atoms with E-state index in [0.29, 0.717) is 24.0 Å². The fourth-order valence-corrected chi connectivity index (χ4v) is 3.78. The van der Waals surface area contributed by atoms with Crippen LogP contribution in [0.1, 0.15) is 26.2 Å². The van der Waals surface area contributed by atoms with Crippen LogP contribution in [0.3, 0.4) is 0 Å². The summed E-state index contributed by atoms with van der Waals surface area (Å²) in [6.07, 6.45) is 2.77. The van der Waals surface area contributed by atoms with Gasteiger partial charge >= 0.3 is 5.97 Å². The summed E-state index contributed by atoms with van der Waals surface area (Å²) in [5.41, 5.74) is 0.753. The second kappa shape index (κ2) is 11.0. The summed E-state index contributed by atoms with van der Waals surface area (Å²) in [5.74, 6) is 1.13. The van der Waals surface area contributed by atoms with Crippen LogP contribution in [0, 0.1) is 11.8 Å². The van der Waals surface area contributed by atoms with Gasteiger partial charge in [0.1, 0.15) is 5.75 Å². The van der Waals surface area contributed by atoms with E-state index in [1.807, 2.05) is 30.3 Å². The molecular formula is C22H29ClN2O4. The molecule has 1 aliphatic heterocycles. The summed E-state index contributed by atoms with van der Waals surface area (Å²) in [5, 5.41) is 8.15. The molecule has 3 rings (SSSR count). The molecular weight excluding hydrogens is 392 g/mol. The molecule has 1 unspecified atom stereocenters. The molecule has 29 heavy (non-hydrogen) atoms. The molecule has 1 aliphatic rings. The van der Waals surface area contributed by atoms with Gasteiger partial charge in [-0.1, -0.05) is 31.2 Å². The zero-order valence-corrected chi connectivity index (χ0v) is 17.7. The van der Waals surface area contributed by atoms with Crippen molar-refractivity contribution < 1.29 is 19.1 Å². The van der Waals surface area contributed by atoms with Gasteiger partial charge in [0.2, 0.25) is 5.91 Å². The Kier molecular flexibility index (Phi) is 8.73. The van der Waals surface area contributed by atoms with Crippen molar-refractivity contribution in [2.24, 2.45) is 11.8 Å². The number of methoxy groups -OCH3 is 1. The third-order valence-corrected chi connectivity index (χ3v) is 5.43. The van der Waals surface area contributed by atoms with Gasteiger partial charge in [0, 0.05) is 22.9 Å². The Balaban J connectivity index is 0.00000300. The topological polar surface area (TPSA) is 76.7 Å². The van der Waals surface area contributed by atoms with E-state index in [2.05, 4.69) is 22.3 Å². The number of piperidine rings is 1. The smallest absolute Gasteiger partial charge is 0.343 e. The van der Waals surface area contributed by atoms with Crippen molar-refractivity contribution in [1.29, 1.82) is 0 Å². The van der Waals surface area contributed by atoms with Gasteiger partial charge in [-0.2, -0.15) is 0 Å². The van der Waals surface area contributed by atoms with E-state index in [9.17, 15) is 9.59 Å². The maximum absolute atomic E-state index is 12.6. The van der Waals surface area contributed by atoms with E-state index >= 15 is 0 Å². The standard InChI is InChI=1S/C22H28N2O4.ClH/c1-15(16-9-11-23-12-10-16)13-21(25)24-19-7-8-20(28-14-22(26)27-2)18-6-4-3-5-17(18)19;/h3-8,15-16,23H,9-14H2,1-2H3,(H,24,25);1H. The molecule has 2 aromatic rings. The van der Waals surface area contributed by atoms with Crippen LogP contribution in [0.5, 0.6) is 5.75 Å². The number of amides is 1. The molecule has 1 heterocycles. The van der Waals surface area contributed by atoms with E-state index in [0.717, 1.165) is 42.4 Å². The number of fused-ring (bicyclic) bond motifs is 1. The Bertz CT molecular complexity index is 837. The third-order valence-electron chi connectivity index (χ3n) is 5.43. The van der Waals surface area contributed by atoms with E-state index in [1.54, 1.807) is 6.07 Å². The van der Waals surface area contributed by atoms with Crippen molar-refractivity contribution in [2.75, 3.05) is 32.1 Å². The number of esters is 1. The molecule has 0 aliphatic carbocycles.